The zero-order chi connectivity index (χ0) is 13.9. The van der Waals surface area contributed by atoms with Crippen LogP contribution in [-0.2, 0) is 5.33 Å². The molecular formula is C16H12BrNO2. The van der Waals surface area contributed by atoms with Crippen molar-refractivity contribution in [3.8, 4) is 0 Å². The van der Waals surface area contributed by atoms with Crippen molar-refractivity contribution in [3.05, 3.63) is 65.9 Å². The Kier molecular flexibility index (Phi) is 3.56. The number of nitrogens with one attached hydrogen (secondary N) is 1. The van der Waals surface area contributed by atoms with Crippen LogP contribution >= 0.6 is 15.9 Å². The Morgan fingerprint density at radius 1 is 1.10 bits per heavy atom. The van der Waals surface area contributed by atoms with Crippen molar-refractivity contribution < 1.29 is 9.21 Å². The van der Waals surface area contributed by atoms with Crippen LogP contribution in [0.2, 0.25) is 0 Å². The molecule has 0 radical (unpaired) electrons. The molecule has 1 N–H and O–H groups in total. The molecule has 1 amide bonds. The summed E-state index contributed by atoms with van der Waals surface area (Å²) in [5.74, 6) is 0.0726. The van der Waals surface area contributed by atoms with Gasteiger partial charge in [-0.05, 0) is 29.8 Å². The van der Waals surface area contributed by atoms with Crippen LogP contribution in [-0.4, -0.2) is 5.91 Å². The van der Waals surface area contributed by atoms with Crippen LogP contribution in [0.5, 0.6) is 0 Å². The maximum atomic E-state index is 12.2. The molecule has 4 heteroatoms. The third kappa shape index (κ3) is 2.60. The lowest BCUT2D eigenvalue weighted by Crippen LogP contribution is -2.10. The van der Waals surface area contributed by atoms with Crippen molar-refractivity contribution in [1.29, 1.82) is 0 Å². The Hall–Kier alpha value is -2.07. The summed E-state index contributed by atoms with van der Waals surface area (Å²) >= 11 is 3.39. The van der Waals surface area contributed by atoms with E-state index in [1.807, 2.05) is 48.5 Å². The van der Waals surface area contributed by atoms with Crippen molar-refractivity contribution in [3.63, 3.8) is 0 Å². The molecule has 0 saturated carbocycles. The molecule has 0 unspecified atom stereocenters. The summed E-state index contributed by atoms with van der Waals surface area (Å²) < 4.78 is 5.54. The number of carbonyl (C=O) groups excluding carboxylic acids is 1. The summed E-state index contributed by atoms with van der Waals surface area (Å²) in [6, 6.07) is 17.0. The number of hydrogen-bond donors (Lipinski definition) is 1. The Morgan fingerprint density at radius 3 is 2.75 bits per heavy atom. The molecule has 1 heterocycles. The molecule has 1 aromatic heterocycles. The summed E-state index contributed by atoms with van der Waals surface area (Å²) in [5, 5.41) is 4.51. The first kappa shape index (κ1) is 12.9. The third-order valence-electron chi connectivity index (χ3n) is 2.99. The molecule has 0 aliphatic rings. The molecule has 0 fully saturated rings. The summed E-state index contributed by atoms with van der Waals surface area (Å²) in [6.45, 7) is 0. The third-order valence-corrected chi connectivity index (χ3v) is 3.64. The highest BCUT2D eigenvalue weighted by Crippen LogP contribution is 2.20. The fraction of sp³-hybridized carbons (Fsp3) is 0.0625. The predicted octanol–water partition coefficient (Wildman–Crippen LogP) is 4.58. The number of halogens is 1. The fourth-order valence-corrected chi connectivity index (χ4v) is 2.37. The molecule has 3 rings (SSSR count). The standard InChI is InChI=1S/C16H12BrNO2/c17-10-11-4-3-6-13(8-11)18-16(19)15-9-12-5-1-2-7-14(12)20-15/h1-9H,10H2,(H,18,19). The molecule has 20 heavy (non-hydrogen) atoms. The molecule has 0 atom stereocenters. The number of furan rings is 1. The Morgan fingerprint density at radius 2 is 1.95 bits per heavy atom. The largest absolute Gasteiger partial charge is 0.451 e. The first-order valence-electron chi connectivity index (χ1n) is 6.21. The SMILES string of the molecule is O=C(Nc1cccc(CBr)c1)c1cc2ccccc2o1. The average Bonchev–Trinajstić information content (AvgIpc) is 2.91. The molecule has 0 saturated heterocycles. The number of alkyl halides is 1. The second kappa shape index (κ2) is 5.51. The molecule has 0 aliphatic heterocycles. The van der Waals surface area contributed by atoms with Gasteiger partial charge in [-0.25, -0.2) is 0 Å². The fourth-order valence-electron chi connectivity index (χ4n) is 2.02. The Labute approximate surface area is 124 Å². The predicted molar refractivity (Wildman–Crippen MR) is 83.2 cm³/mol. The smallest absolute Gasteiger partial charge is 0.291 e. The van der Waals surface area contributed by atoms with Gasteiger partial charge in [0, 0.05) is 16.4 Å². The lowest BCUT2D eigenvalue weighted by Gasteiger charge is -2.04. The van der Waals surface area contributed by atoms with Crippen LogP contribution < -0.4 is 5.32 Å². The minimum absolute atomic E-state index is 0.243. The zero-order valence-corrected chi connectivity index (χ0v) is 12.2. The minimum Gasteiger partial charge on any atom is -0.451 e. The number of fused-ring (bicyclic) bond motifs is 1. The number of anilines is 1. The van der Waals surface area contributed by atoms with Gasteiger partial charge in [0.15, 0.2) is 5.76 Å². The van der Waals surface area contributed by atoms with E-state index in [1.165, 1.54) is 0 Å². The highest BCUT2D eigenvalue weighted by molar-refractivity contribution is 9.08. The quantitative estimate of drug-likeness (QED) is 0.714. The maximum Gasteiger partial charge on any atom is 0.291 e. The minimum atomic E-state index is -0.243. The van der Waals surface area contributed by atoms with E-state index in [0.29, 0.717) is 11.3 Å². The molecule has 100 valence electrons. The summed E-state index contributed by atoms with van der Waals surface area (Å²) in [7, 11) is 0. The summed E-state index contributed by atoms with van der Waals surface area (Å²) in [5.41, 5.74) is 2.58. The van der Waals surface area contributed by atoms with E-state index in [9.17, 15) is 4.79 Å². The normalized spacial score (nSPS) is 10.7. The van der Waals surface area contributed by atoms with Crippen molar-refractivity contribution in [1.82, 2.24) is 0 Å². The number of benzene rings is 2. The van der Waals surface area contributed by atoms with Gasteiger partial charge in [-0.2, -0.15) is 0 Å². The number of hydrogen-bond acceptors (Lipinski definition) is 2. The van der Waals surface area contributed by atoms with E-state index in [4.69, 9.17) is 4.42 Å². The van der Waals surface area contributed by atoms with Gasteiger partial charge in [-0.15, -0.1) is 0 Å². The second-order valence-corrected chi connectivity index (χ2v) is 5.00. The van der Waals surface area contributed by atoms with E-state index < -0.39 is 0 Å². The summed E-state index contributed by atoms with van der Waals surface area (Å²) in [6.07, 6.45) is 0. The molecule has 3 aromatic rings. The van der Waals surface area contributed by atoms with Gasteiger partial charge in [-0.3, -0.25) is 4.79 Å². The van der Waals surface area contributed by atoms with Gasteiger partial charge in [0.05, 0.1) is 0 Å². The number of carbonyl (C=O) groups is 1. The van der Waals surface area contributed by atoms with Crippen molar-refractivity contribution in [2.75, 3.05) is 5.32 Å². The van der Waals surface area contributed by atoms with E-state index in [-0.39, 0.29) is 5.91 Å². The van der Waals surface area contributed by atoms with Gasteiger partial charge in [0.2, 0.25) is 0 Å². The van der Waals surface area contributed by atoms with Crippen LogP contribution in [0.1, 0.15) is 16.1 Å². The molecule has 0 aliphatic carbocycles. The van der Waals surface area contributed by atoms with Crippen LogP contribution in [0.15, 0.2) is 59.0 Å². The monoisotopic (exact) mass is 329 g/mol. The highest BCUT2D eigenvalue weighted by atomic mass is 79.9. The molecular weight excluding hydrogens is 318 g/mol. The Bertz CT molecular complexity index is 731. The number of para-hydroxylation sites is 1. The van der Waals surface area contributed by atoms with E-state index in [1.54, 1.807) is 6.07 Å². The van der Waals surface area contributed by atoms with Crippen molar-refractivity contribution in [2.24, 2.45) is 0 Å². The van der Waals surface area contributed by atoms with E-state index >= 15 is 0 Å². The van der Waals surface area contributed by atoms with Gasteiger partial charge >= 0.3 is 0 Å². The van der Waals surface area contributed by atoms with Gasteiger partial charge in [0.25, 0.3) is 5.91 Å². The van der Waals surface area contributed by atoms with Gasteiger partial charge in [-0.1, -0.05) is 46.3 Å². The highest BCUT2D eigenvalue weighted by Gasteiger charge is 2.12. The van der Waals surface area contributed by atoms with Crippen LogP contribution in [0, 0.1) is 0 Å². The lowest BCUT2D eigenvalue weighted by atomic mass is 10.2. The first-order chi connectivity index (χ1) is 9.76. The van der Waals surface area contributed by atoms with Gasteiger partial charge in [0.1, 0.15) is 5.58 Å². The molecule has 0 bridgehead atoms. The maximum absolute atomic E-state index is 12.2. The van der Waals surface area contributed by atoms with E-state index in [2.05, 4.69) is 21.2 Å². The zero-order valence-electron chi connectivity index (χ0n) is 10.6. The first-order valence-corrected chi connectivity index (χ1v) is 7.33. The molecule has 2 aromatic carbocycles. The summed E-state index contributed by atoms with van der Waals surface area (Å²) in [4.78, 5) is 12.2. The van der Waals surface area contributed by atoms with Crippen LogP contribution in [0.25, 0.3) is 11.0 Å². The van der Waals surface area contributed by atoms with Crippen molar-refractivity contribution in [2.45, 2.75) is 5.33 Å². The van der Waals surface area contributed by atoms with Gasteiger partial charge < -0.3 is 9.73 Å². The van der Waals surface area contributed by atoms with Crippen LogP contribution in [0.4, 0.5) is 5.69 Å². The molecule has 3 nitrogen and oxygen atoms in total. The second-order valence-electron chi connectivity index (χ2n) is 4.44. The Balaban J connectivity index is 1.85. The van der Waals surface area contributed by atoms with E-state index in [0.717, 1.165) is 22.0 Å². The number of rotatable bonds is 3. The van der Waals surface area contributed by atoms with Crippen LogP contribution in [0.3, 0.4) is 0 Å². The topological polar surface area (TPSA) is 42.2 Å². The number of amides is 1. The average molecular weight is 330 g/mol. The molecule has 0 spiro atoms. The van der Waals surface area contributed by atoms with Crippen molar-refractivity contribution >= 4 is 38.5 Å². The lowest BCUT2D eigenvalue weighted by molar-refractivity contribution is 0.0998.